The number of halogens is 1. The van der Waals surface area contributed by atoms with Crippen molar-refractivity contribution >= 4 is 23.2 Å². The van der Waals surface area contributed by atoms with Gasteiger partial charge in [0.1, 0.15) is 12.3 Å². The number of carbonyl (C=O) groups excluding carboxylic acids is 1. The standard InChI is InChI=1S/C19H18ClN3O3/c1-12-3-5-13(6-4-12)16-10-19(25)23(22-16)11-18(24)21-14-7-8-17(26-2)15(20)9-14/h3-10,22H,11H2,1-2H3,(H,21,24). The highest BCUT2D eigenvalue weighted by Gasteiger charge is 2.10. The van der Waals surface area contributed by atoms with Crippen molar-refractivity contribution in [1.82, 2.24) is 9.78 Å². The molecular formula is C19H18ClN3O3. The molecule has 3 rings (SSSR count). The fourth-order valence-electron chi connectivity index (χ4n) is 2.52. The summed E-state index contributed by atoms with van der Waals surface area (Å²) in [5, 5.41) is 6.06. The maximum Gasteiger partial charge on any atom is 0.267 e. The van der Waals surface area contributed by atoms with Gasteiger partial charge in [-0.15, -0.1) is 0 Å². The maximum absolute atomic E-state index is 12.2. The van der Waals surface area contributed by atoms with Gasteiger partial charge < -0.3 is 10.1 Å². The minimum absolute atomic E-state index is 0.131. The van der Waals surface area contributed by atoms with E-state index in [4.69, 9.17) is 16.3 Å². The summed E-state index contributed by atoms with van der Waals surface area (Å²) >= 11 is 6.04. The third-order valence-corrected chi connectivity index (χ3v) is 4.18. The van der Waals surface area contributed by atoms with Gasteiger partial charge in [0, 0.05) is 11.8 Å². The zero-order valence-corrected chi connectivity index (χ0v) is 15.1. The second-order valence-corrected chi connectivity index (χ2v) is 6.26. The van der Waals surface area contributed by atoms with E-state index in [0.717, 1.165) is 11.1 Å². The fourth-order valence-corrected chi connectivity index (χ4v) is 2.78. The average Bonchev–Trinajstić information content (AvgIpc) is 2.96. The second kappa shape index (κ2) is 7.49. The van der Waals surface area contributed by atoms with Crippen molar-refractivity contribution < 1.29 is 9.53 Å². The third kappa shape index (κ3) is 3.97. The SMILES string of the molecule is COc1ccc(NC(=O)Cn2[nH]c(-c3ccc(C)cc3)cc2=O)cc1Cl. The zero-order chi connectivity index (χ0) is 18.7. The predicted octanol–water partition coefficient (Wildman–Crippen LogP) is 3.45. The normalized spacial score (nSPS) is 10.6. The van der Waals surface area contributed by atoms with Crippen LogP contribution in [0.5, 0.6) is 5.75 Å². The van der Waals surface area contributed by atoms with Crippen LogP contribution in [0.1, 0.15) is 5.56 Å². The molecule has 0 unspecified atom stereocenters. The van der Waals surface area contributed by atoms with E-state index in [9.17, 15) is 9.59 Å². The summed E-state index contributed by atoms with van der Waals surface area (Å²) < 4.78 is 6.33. The van der Waals surface area contributed by atoms with Crippen LogP contribution in [0.25, 0.3) is 11.3 Å². The van der Waals surface area contributed by atoms with E-state index in [0.29, 0.717) is 22.2 Å². The molecule has 3 aromatic rings. The Hall–Kier alpha value is -2.99. The van der Waals surface area contributed by atoms with Gasteiger partial charge in [0.05, 0.1) is 17.8 Å². The molecule has 134 valence electrons. The van der Waals surface area contributed by atoms with Gasteiger partial charge in [-0.05, 0) is 30.7 Å². The highest BCUT2D eigenvalue weighted by atomic mass is 35.5. The quantitative estimate of drug-likeness (QED) is 0.721. The number of nitrogens with one attached hydrogen (secondary N) is 2. The van der Waals surface area contributed by atoms with Crippen molar-refractivity contribution in [2.24, 2.45) is 0 Å². The molecule has 1 amide bonds. The molecule has 0 radical (unpaired) electrons. The smallest absolute Gasteiger partial charge is 0.267 e. The first-order valence-electron chi connectivity index (χ1n) is 7.96. The molecule has 2 aromatic carbocycles. The van der Waals surface area contributed by atoms with Gasteiger partial charge in [0.15, 0.2) is 0 Å². The van der Waals surface area contributed by atoms with Crippen LogP contribution in [0, 0.1) is 6.92 Å². The monoisotopic (exact) mass is 371 g/mol. The van der Waals surface area contributed by atoms with Gasteiger partial charge in [-0.25, -0.2) is 4.68 Å². The van der Waals surface area contributed by atoms with E-state index < -0.39 is 0 Å². The summed E-state index contributed by atoms with van der Waals surface area (Å²) in [6.07, 6.45) is 0. The Morgan fingerprint density at radius 2 is 1.92 bits per heavy atom. The number of amides is 1. The Labute approximate surface area is 155 Å². The lowest BCUT2D eigenvalue weighted by atomic mass is 10.1. The third-order valence-electron chi connectivity index (χ3n) is 3.89. The van der Waals surface area contributed by atoms with Crippen molar-refractivity contribution in [2.75, 3.05) is 12.4 Å². The highest BCUT2D eigenvalue weighted by molar-refractivity contribution is 6.32. The number of aromatic amines is 1. The number of carbonyl (C=O) groups is 1. The Balaban J connectivity index is 1.72. The molecule has 2 N–H and O–H groups in total. The van der Waals surface area contributed by atoms with Crippen molar-refractivity contribution in [3.63, 3.8) is 0 Å². The van der Waals surface area contributed by atoms with Gasteiger partial charge in [-0.2, -0.15) is 0 Å². The summed E-state index contributed by atoms with van der Waals surface area (Å²) in [6.45, 7) is 1.86. The van der Waals surface area contributed by atoms with Crippen LogP contribution in [-0.2, 0) is 11.3 Å². The topological polar surface area (TPSA) is 76.1 Å². The van der Waals surface area contributed by atoms with Crippen LogP contribution in [0.3, 0.4) is 0 Å². The summed E-state index contributed by atoms with van der Waals surface area (Å²) in [7, 11) is 1.52. The first-order valence-corrected chi connectivity index (χ1v) is 8.34. The molecule has 26 heavy (non-hydrogen) atoms. The lowest BCUT2D eigenvalue weighted by Gasteiger charge is -2.08. The van der Waals surface area contributed by atoms with Crippen LogP contribution in [0.2, 0.25) is 5.02 Å². The largest absolute Gasteiger partial charge is 0.495 e. The lowest BCUT2D eigenvalue weighted by molar-refractivity contribution is -0.116. The number of rotatable bonds is 5. The fraction of sp³-hybridized carbons (Fsp3) is 0.158. The number of hydrogen-bond acceptors (Lipinski definition) is 3. The summed E-state index contributed by atoms with van der Waals surface area (Å²) in [4.78, 5) is 24.3. The molecule has 0 atom stereocenters. The summed E-state index contributed by atoms with van der Waals surface area (Å²) in [6, 6.07) is 14.2. The number of anilines is 1. The summed E-state index contributed by atoms with van der Waals surface area (Å²) in [5.74, 6) is 0.179. The van der Waals surface area contributed by atoms with E-state index in [1.54, 1.807) is 18.2 Å². The van der Waals surface area contributed by atoms with E-state index in [-0.39, 0.29) is 18.0 Å². The van der Waals surface area contributed by atoms with E-state index in [2.05, 4.69) is 10.4 Å². The van der Waals surface area contributed by atoms with Crippen LogP contribution in [0.4, 0.5) is 5.69 Å². The number of hydrogen-bond donors (Lipinski definition) is 2. The minimum Gasteiger partial charge on any atom is -0.495 e. The first-order chi connectivity index (χ1) is 12.5. The number of methoxy groups -OCH3 is 1. The number of aromatic nitrogens is 2. The number of H-pyrrole nitrogens is 1. The molecule has 0 spiro atoms. The van der Waals surface area contributed by atoms with Gasteiger partial charge in [0.2, 0.25) is 5.91 Å². The number of aryl methyl sites for hydroxylation is 1. The predicted molar refractivity (Wildman–Crippen MR) is 102 cm³/mol. The Kier molecular flexibility index (Phi) is 5.14. The van der Waals surface area contributed by atoms with Crippen LogP contribution < -0.4 is 15.6 Å². The zero-order valence-electron chi connectivity index (χ0n) is 14.4. The molecule has 7 heteroatoms. The second-order valence-electron chi connectivity index (χ2n) is 5.86. The molecule has 0 aliphatic carbocycles. The van der Waals surface area contributed by atoms with Crippen LogP contribution in [-0.4, -0.2) is 22.8 Å². The van der Waals surface area contributed by atoms with Crippen molar-refractivity contribution in [1.29, 1.82) is 0 Å². The van der Waals surface area contributed by atoms with Gasteiger partial charge in [-0.3, -0.25) is 14.7 Å². The molecule has 0 saturated heterocycles. The molecule has 0 fully saturated rings. The molecule has 0 aliphatic rings. The van der Waals surface area contributed by atoms with E-state index >= 15 is 0 Å². The lowest BCUT2D eigenvalue weighted by Crippen LogP contribution is -2.25. The van der Waals surface area contributed by atoms with Crippen molar-refractivity contribution in [2.45, 2.75) is 13.5 Å². The number of nitrogens with zero attached hydrogens (tertiary/aromatic N) is 1. The van der Waals surface area contributed by atoms with E-state index in [1.165, 1.54) is 17.9 Å². The molecule has 0 bridgehead atoms. The average molecular weight is 372 g/mol. The van der Waals surface area contributed by atoms with Crippen LogP contribution >= 0.6 is 11.6 Å². The molecule has 6 nitrogen and oxygen atoms in total. The Morgan fingerprint density at radius 1 is 1.19 bits per heavy atom. The Morgan fingerprint density at radius 3 is 2.58 bits per heavy atom. The maximum atomic E-state index is 12.2. The molecular weight excluding hydrogens is 354 g/mol. The first kappa shape index (κ1) is 17.8. The Bertz CT molecular complexity index is 990. The number of benzene rings is 2. The van der Waals surface area contributed by atoms with Crippen LogP contribution in [0.15, 0.2) is 53.3 Å². The highest BCUT2D eigenvalue weighted by Crippen LogP contribution is 2.27. The van der Waals surface area contributed by atoms with Gasteiger partial charge in [-0.1, -0.05) is 41.4 Å². The van der Waals surface area contributed by atoms with Crippen molar-refractivity contribution in [3.05, 3.63) is 69.5 Å². The van der Waals surface area contributed by atoms with Gasteiger partial charge in [0.25, 0.3) is 5.56 Å². The summed E-state index contributed by atoms with van der Waals surface area (Å²) in [5.41, 5.74) is 2.93. The number of ether oxygens (including phenoxy) is 1. The van der Waals surface area contributed by atoms with Crippen molar-refractivity contribution in [3.8, 4) is 17.0 Å². The molecule has 0 aliphatic heterocycles. The molecule has 1 heterocycles. The van der Waals surface area contributed by atoms with E-state index in [1.807, 2.05) is 31.2 Å². The van der Waals surface area contributed by atoms with Gasteiger partial charge >= 0.3 is 0 Å². The minimum atomic E-state index is -0.342. The molecule has 0 saturated carbocycles. The molecule has 1 aromatic heterocycles.